The van der Waals surface area contributed by atoms with Gasteiger partial charge in [-0.15, -0.1) is 12.4 Å². The fourth-order valence-corrected chi connectivity index (χ4v) is 4.01. The molecule has 1 atom stereocenters. The van der Waals surface area contributed by atoms with Crippen molar-refractivity contribution in [1.29, 1.82) is 5.26 Å². The summed E-state index contributed by atoms with van der Waals surface area (Å²) in [6, 6.07) is 10.8. The highest BCUT2D eigenvalue weighted by atomic mass is 35.5. The Morgan fingerprint density at radius 3 is 2.84 bits per heavy atom. The first kappa shape index (κ1) is 22.5. The number of nitriles is 1. The van der Waals surface area contributed by atoms with Crippen LogP contribution in [0.15, 0.2) is 36.7 Å². The van der Waals surface area contributed by atoms with Gasteiger partial charge in [-0.2, -0.15) is 10.4 Å². The first-order chi connectivity index (χ1) is 14.7. The molecule has 9 heteroatoms. The summed E-state index contributed by atoms with van der Waals surface area (Å²) >= 11 is 0. The molecule has 0 radical (unpaired) electrons. The van der Waals surface area contributed by atoms with Crippen molar-refractivity contribution >= 4 is 24.0 Å². The number of methoxy groups -OCH3 is 1. The summed E-state index contributed by atoms with van der Waals surface area (Å²) in [4.78, 5) is 10.7. The number of aromatic amines is 1. The lowest BCUT2D eigenvalue weighted by molar-refractivity contribution is 0.266. The highest BCUT2D eigenvalue weighted by molar-refractivity contribution is 5.85. The van der Waals surface area contributed by atoms with Gasteiger partial charge in [-0.05, 0) is 50.0 Å². The Bertz CT molecular complexity index is 1040. The summed E-state index contributed by atoms with van der Waals surface area (Å²) in [7, 11) is 1.69. The van der Waals surface area contributed by atoms with E-state index in [1.807, 2.05) is 12.1 Å². The zero-order chi connectivity index (χ0) is 20.9. The number of hydrogen-bond donors (Lipinski definition) is 2. The summed E-state index contributed by atoms with van der Waals surface area (Å²) in [5, 5.41) is 19.2. The summed E-state index contributed by atoms with van der Waals surface area (Å²) in [5.74, 6) is 1.95. The fourth-order valence-electron chi connectivity index (χ4n) is 4.01. The van der Waals surface area contributed by atoms with Crippen molar-refractivity contribution in [2.45, 2.75) is 32.2 Å². The molecule has 0 spiro atoms. The van der Waals surface area contributed by atoms with Crippen molar-refractivity contribution in [3.05, 3.63) is 47.9 Å². The average molecular weight is 440 g/mol. The zero-order valence-electron chi connectivity index (χ0n) is 17.6. The molecule has 1 aromatic carbocycles. The Morgan fingerprint density at radius 1 is 1.26 bits per heavy atom. The van der Waals surface area contributed by atoms with Crippen molar-refractivity contribution in [1.82, 2.24) is 25.1 Å². The molecule has 1 aliphatic heterocycles. The second-order valence-corrected chi connectivity index (χ2v) is 7.35. The monoisotopic (exact) mass is 439 g/mol. The van der Waals surface area contributed by atoms with Gasteiger partial charge < -0.3 is 15.0 Å². The van der Waals surface area contributed by atoms with Crippen LogP contribution >= 0.6 is 12.4 Å². The van der Waals surface area contributed by atoms with E-state index < -0.39 is 0 Å². The molecule has 1 aliphatic rings. The highest BCUT2D eigenvalue weighted by Gasteiger charge is 2.23. The van der Waals surface area contributed by atoms with E-state index in [-0.39, 0.29) is 18.1 Å². The molecule has 0 aliphatic carbocycles. The van der Waals surface area contributed by atoms with Crippen molar-refractivity contribution in [3.63, 3.8) is 0 Å². The third-order valence-electron chi connectivity index (χ3n) is 5.53. The van der Waals surface area contributed by atoms with Gasteiger partial charge in [0.25, 0.3) is 0 Å². The number of hydrogen-bond acceptors (Lipinski definition) is 7. The van der Waals surface area contributed by atoms with E-state index in [0.29, 0.717) is 17.7 Å². The highest BCUT2D eigenvalue weighted by Crippen LogP contribution is 2.32. The van der Waals surface area contributed by atoms with Crippen molar-refractivity contribution < 1.29 is 4.74 Å². The van der Waals surface area contributed by atoms with Crippen molar-refractivity contribution in [2.75, 3.05) is 25.5 Å². The molecular formula is C22H26ClN7O. The Balaban J connectivity index is 0.00000272. The number of likely N-dealkylation sites (tertiary alicyclic amines) is 1. The number of halogens is 1. The Hall–Kier alpha value is -3.15. The number of anilines is 2. The van der Waals surface area contributed by atoms with Crippen LogP contribution in [-0.2, 0) is 6.42 Å². The molecular weight excluding hydrogens is 414 g/mol. The predicted molar refractivity (Wildman–Crippen MR) is 122 cm³/mol. The van der Waals surface area contributed by atoms with Crippen LogP contribution in [0.5, 0.6) is 5.75 Å². The van der Waals surface area contributed by atoms with Crippen LogP contribution in [0, 0.1) is 11.3 Å². The molecule has 8 nitrogen and oxygen atoms in total. The van der Waals surface area contributed by atoms with Gasteiger partial charge in [-0.1, -0.05) is 13.0 Å². The van der Waals surface area contributed by atoms with E-state index in [1.54, 1.807) is 7.11 Å². The predicted octanol–water partition coefficient (Wildman–Crippen LogP) is 3.94. The van der Waals surface area contributed by atoms with Gasteiger partial charge in [-0.3, -0.25) is 5.10 Å². The van der Waals surface area contributed by atoms with Crippen LogP contribution in [0.4, 0.5) is 11.6 Å². The summed E-state index contributed by atoms with van der Waals surface area (Å²) < 4.78 is 5.68. The average Bonchev–Trinajstić information content (AvgIpc) is 3.43. The first-order valence-electron chi connectivity index (χ1n) is 10.2. The molecule has 0 saturated carbocycles. The van der Waals surface area contributed by atoms with E-state index in [1.165, 1.54) is 37.3 Å². The molecule has 3 aromatic rings. The Morgan fingerprint density at radius 2 is 2.13 bits per heavy atom. The summed E-state index contributed by atoms with van der Waals surface area (Å²) in [5.41, 5.74) is 3.35. The minimum atomic E-state index is 0. The maximum absolute atomic E-state index is 8.82. The lowest BCUT2D eigenvalue weighted by atomic mass is 10.0. The molecule has 2 N–H and O–H groups in total. The number of nitrogens with one attached hydrogen (secondary N) is 2. The quantitative estimate of drug-likeness (QED) is 0.574. The molecule has 3 heterocycles. The maximum atomic E-state index is 8.82. The van der Waals surface area contributed by atoms with Gasteiger partial charge in [0.1, 0.15) is 17.6 Å². The number of nitrogens with zero attached hydrogens (tertiary/aromatic N) is 5. The number of benzene rings is 1. The minimum absolute atomic E-state index is 0. The van der Waals surface area contributed by atoms with E-state index in [2.05, 4.69) is 55.5 Å². The zero-order valence-corrected chi connectivity index (χ0v) is 18.4. The van der Waals surface area contributed by atoms with Gasteiger partial charge in [0.2, 0.25) is 0 Å². The smallest absolute Gasteiger partial charge is 0.158 e. The van der Waals surface area contributed by atoms with Crippen LogP contribution in [0.1, 0.15) is 31.0 Å². The van der Waals surface area contributed by atoms with E-state index in [9.17, 15) is 0 Å². The van der Waals surface area contributed by atoms with Gasteiger partial charge in [-0.25, -0.2) is 9.97 Å². The topological polar surface area (TPSA) is 103 Å². The second-order valence-electron chi connectivity index (χ2n) is 7.35. The third-order valence-corrected chi connectivity index (χ3v) is 5.53. The maximum Gasteiger partial charge on any atom is 0.158 e. The van der Waals surface area contributed by atoms with Crippen LogP contribution in [0.3, 0.4) is 0 Å². The molecule has 1 saturated heterocycles. The third kappa shape index (κ3) is 5.13. The lowest BCUT2D eigenvalue weighted by Crippen LogP contribution is -2.30. The lowest BCUT2D eigenvalue weighted by Gasteiger charge is -2.23. The largest absolute Gasteiger partial charge is 0.496 e. The molecule has 31 heavy (non-hydrogen) atoms. The summed E-state index contributed by atoms with van der Waals surface area (Å²) in [6.45, 7) is 4.53. The normalized spacial score (nSPS) is 15.8. The molecule has 0 bridgehead atoms. The van der Waals surface area contributed by atoms with Gasteiger partial charge in [0.05, 0.1) is 25.2 Å². The fraction of sp³-hybridized carbons (Fsp3) is 0.364. The van der Waals surface area contributed by atoms with Crippen LogP contribution in [0.2, 0.25) is 0 Å². The molecule has 4 rings (SSSR count). The number of H-pyrrole nitrogens is 1. The van der Waals surface area contributed by atoms with Gasteiger partial charge >= 0.3 is 0 Å². The first-order valence-corrected chi connectivity index (χ1v) is 10.2. The molecule has 0 amide bonds. The minimum Gasteiger partial charge on any atom is -0.496 e. The van der Waals surface area contributed by atoms with E-state index >= 15 is 0 Å². The number of ether oxygens (including phenoxy) is 1. The molecule has 1 fully saturated rings. The number of aromatic nitrogens is 4. The Labute approximate surface area is 188 Å². The molecule has 2 aromatic heterocycles. The van der Waals surface area contributed by atoms with Gasteiger partial charge in [0, 0.05) is 17.7 Å². The summed E-state index contributed by atoms with van der Waals surface area (Å²) in [6.07, 6.45) is 6.50. The molecule has 162 valence electrons. The van der Waals surface area contributed by atoms with Crippen LogP contribution in [0.25, 0.3) is 11.3 Å². The van der Waals surface area contributed by atoms with E-state index in [0.717, 1.165) is 30.0 Å². The standard InChI is InChI=1S/C22H25N7O.ClH/c1-3-29-8-4-5-17(29)9-15-6-7-18(20(10-15)30-2)19-11-21(28-27-19)26-22-14-24-16(12-23)13-25-22;/h6-7,10-11,13-14,17H,3-5,8-9H2,1-2H3,(H2,25,26,27,28);1H/t17-;/m1./s1. The van der Waals surface area contributed by atoms with Crippen molar-refractivity contribution in [3.8, 4) is 23.1 Å². The van der Waals surface area contributed by atoms with E-state index in [4.69, 9.17) is 10.00 Å². The van der Waals surface area contributed by atoms with Gasteiger partial charge in [0.15, 0.2) is 11.5 Å². The molecule has 0 unspecified atom stereocenters. The van der Waals surface area contributed by atoms with Crippen LogP contribution < -0.4 is 10.1 Å². The second kappa shape index (κ2) is 10.2. The van der Waals surface area contributed by atoms with Crippen molar-refractivity contribution in [2.24, 2.45) is 0 Å². The van der Waals surface area contributed by atoms with Crippen LogP contribution in [-0.4, -0.2) is 51.3 Å². The number of likely N-dealkylation sites (N-methyl/N-ethyl adjacent to an activating group) is 1. The Kier molecular flexibility index (Phi) is 7.45. The SMILES string of the molecule is CCN1CCC[C@@H]1Cc1ccc(-c2cc(Nc3cnc(C#N)cn3)n[nH]2)c(OC)c1.Cl. The number of rotatable bonds is 7.